The van der Waals surface area contributed by atoms with Crippen molar-refractivity contribution < 1.29 is 39.0 Å². The Bertz CT molecular complexity index is 272. The van der Waals surface area contributed by atoms with Crippen LogP contribution in [0, 0.1) is 35.2 Å². The maximum absolute atomic E-state index is 12.0. The Morgan fingerprint density at radius 3 is 1.33 bits per heavy atom. The fourth-order valence-electron chi connectivity index (χ4n) is 0.495. The second kappa shape index (κ2) is 3.87. The Morgan fingerprint density at radius 2 is 1.00 bits per heavy atom. The van der Waals surface area contributed by atoms with E-state index < -0.39 is 29.1 Å². The molecule has 0 fully saturated rings. The van der Waals surface area contributed by atoms with Crippen molar-refractivity contribution in [2.75, 3.05) is 0 Å². The van der Waals surface area contributed by atoms with Crippen LogP contribution in [-0.4, -0.2) is 0 Å². The summed E-state index contributed by atoms with van der Waals surface area (Å²) >= 11 is 0. The summed E-state index contributed by atoms with van der Waals surface area (Å²) in [5, 5.41) is 0. The van der Waals surface area contributed by atoms with Gasteiger partial charge in [-0.05, 0) is 0 Å². The fraction of sp³-hybridized carbons (Fsp3) is 0. The van der Waals surface area contributed by atoms with Crippen LogP contribution in [0.3, 0.4) is 0 Å². The van der Waals surface area contributed by atoms with E-state index in [0.29, 0.717) is 0 Å². The van der Waals surface area contributed by atoms with E-state index in [9.17, 15) is 22.0 Å². The molecule has 1 aromatic rings. The Kier molecular flexibility index (Phi) is 3.67. The maximum atomic E-state index is 12.0. The van der Waals surface area contributed by atoms with Gasteiger partial charge in [0.25, 0.3) is 0 Å². The summed E-state index contributed by atoms with van der Waals surface area (Å²) in [6.45, 7) is 0. The van der Waals surface area contributed by atoms with Gasteiger partial charge in [0.15, 0.2) is 23.3 Å². The molecule has 0 nitrogen and oxygen atoms in total. The molecular weight excluding hydrogens is 231 g/mol. The van der Waals surface area contributed by atoms with E-state index in [2.05, 4.69) is 0 Å². The van der Waals surface area contributed by atoms with E-state index in [-0.39, 0.29) is 17.1 Å². The van der Waals surface area contributed by atoms with Gasteiger partial charge < -0.3 is 0 Å². The van der Waals surface area contributed by atoms with E-state index in [1.54, 1.807) is 0 Å². The van der Waals surface area contributed by atoms with Crippen LogP contribution in [0.2, 0.25) is 0 Å². The molecule has 0 bridgehead atoms. The quantitative estimate of drug-likeness (QED) is 0.277. The molecule has 0 saturated carbocycles. The topological polar surface area (TPSA) is 0 Å². The predicted octanol–water partition coefficient (Wildman–Crippen LogP) is 2.18. The second-order valence-electron chi connectivity index (χ2n) is 1.69. The van der Waals surface area contributed by atoms with Crippen LogP contribution in [-0.2, 0) is 17.1 Å². The summed E-state index contributed by atoms with van der Waals surface area (Å²) in [7, 11) is 0. The van der Waals surface area contributed by atoms with Crippen LogP contribution in [0.25, 0.3) is 0 Å². The molecule has 0 aliphatic heterocycles. The third-order valence-corrected chi connectivity index (χ3v) is 0.990. The van der Waals surface area contributed by atoms with Crippen LogP contribution >= 0.6 is 0 Å². The Balaban J connectivity index is 0.00000121. The molecule has 1 aromatic carbocycles. The molecule has 12 heavy (non-hydrogen) atoms. The third-order valence-electron chi connectivity index (χ3n) is 0.990. The first-order chi connectivity index (χ1) is 5.04. The summed E-state index contributed by atoms with van der Waals surface area (Å²) in [6.07, 6.45) is 0. The van der Waals surface area contributed by atoms with Gasteiger partial charge in [0.1, 0.15) is 0 Å². The molecule has 2 radical (unpaired) electrons. The molecule has 6 heteroatoms. The number of rotatable bonds is 0. The van der Waals surface area contributed by atoms with E-state index in [0.717, 1.165) is 6.07 Å². The van der Waals surface area contributed by atoms with E-state index in [1.807, 2.05) is 0 Å². The molecule has 0 unspecified atom stereocenters. The summed E-state index contributed by atoms with van der Waals surface area (Å²) in [6, 6.07) is 1.02. The van der Waals surface area contributed by atoms with Crippen molar-refractivity contribution in [1.29, 1.82) is 0 Å². The zero-order chi connectivity index (χ0) is 8.59. The zero-order valence-corrected chi connectivity index (χ0v) is 6.13. The summed E-state index contributed by atoms with van der Waals surface area (Å²) in [4.78, 5) is 0. The first-order valence-corrected chi connectivity index (χ1v) is 2.44. The molecule has 0 aromatic heterocycles. The summed E-state index contributed by atoms with van der Waals surface area (Å²) in [5.74, 6) is -10.0. The van der Waals surface area contributed by atoms with Crippen LogP contribution in [0.5, 0.6) is 0 Å². The largest absolute Gasteiger partial charge is 0.203 e. The van der Waals surface area contributed by atoms with Gasteiger partial charge in [-0.3, -0.25) is 0 Å². The molecular formula is C6CuF5. The van der Waals surface area contributed by atoms with Gasteiger partial charge in [-0.25, -0.2) is 22.0 Å². The van der Waals surface area contributed by atoms with Gasteiger partial charge in [-0.1, -0.05) is 0 Å². The minimum absolute atomic E-state index is 0. The van der Waals surface area contributed by atoms with Gasteiger partial charge in [0.05, 0.1) is 6.07 Å². The maximum Gasteiger partial charge on any atom is 0.200 e. The van der Waals surface area contributed by atoms with Gasteiger partial charge in [-0.2, -0.15) is 0 Å². The summed E-state index contributed by atoms with van der Waals surface area (Å²) in [5.41, 5.74) is 0. The smallest absolute Gasteiger partial charge is 0.200 e. The minimum Gasteiger partial charge on any atom is -0.203 e. The molecule has 0 saturated heterocycles. The number of benzene rings is 1. The number of halogens is 5. The Morgan fingerprint density at radius 1 is 0.667 bits per heavy atom. The molecule has 0 N–H and O–H groups in total. The van der Waals surface area contributed by atoms with E-state index >= 15 is 0 Å². The molecule has 70 valence electrons. The number of hydrogen-bond acceptors (Lipinski definition) is 0. The second-order valence-corrected chi connectivity index (χ2v) is 1.69. The van der Waals surface area contributed by atoms with Gasteiger partial charge >= 0.3 is 0 Å². The van der Waals surface area contributed by atoms with Crippen LogP contribution < -0.4 is 0 Å². The molecule has 0 aliphatic rings. The molecule has 0 spiro atoms. The van der Waals surface area contributed by atoms with E-state index in [4.69, 9.17) is 0 Å². The molecule has 0 amide bonds. The van der Waals surface area contributed by atoms with Crippen LogP contribution in [0.1, 0.15) is 0 Å². The number of hydrogen-bond donors (Lipinski definition) is 0. The SMILES string of the molecule is Fc1[c]c(F)c(F)c(F)c1F.[Cu]. The van der Waals surface area contributed by atoms with Crippen LogP contribution in [0.15, 0.2) is 0 Å². The van der Waals surface area contributed by atoms with Crippen molar-refractivity contribution >= 4 is 0 Å². The molecule has 0 heterocycles. The van der Waals surface area contributed by atoms with Crippen molar-refractivity contribution in [3.63, 3.8) is 0 Å². The van der Waals surface area contributed by atoms with Gasteiger partial charge in [0.2, 0.25) is 5.82 Å². The average Bonchev–Trinajstić information content (AvgIpc) is 1.97. The summed E-state index contributed by atoms with van der Waals surface area (Å²) < 4.78 is 59.9. The van der Waals surface area contributed by atoms with Crippen molar-refractivity contribution in [2.45, 2.75) is 0 Å². The van der Waals surface area contributed by atoms with Crippen molar-refractivity contribution in [3.8, 4) is 0 Å². The zero-order valence-electron chi connectivity index (χ0n) is 5.19. The normalized spacial score (nSPS) is 9.42. The predicted molar refractivity (Wildman–Crippen MR) is 25.1 cm³/mol. The standard InChI is InChI=1S/C6F5.Cu/c7-2-1-3(8)5(10)6(11)4(2)9;. The Labute approximate surface area is 74.9 Å². The monoisotopic (exact) mass is 230 g/mol. The van der Waals surface area contributed by atoms with Crippen molar-refractivity contribution in [1.82, 2.24) is 0 Å². The van der Waals surface area contributed by atoms with Crippen molar-refractivity contribution in [2.24, 2.45) is 0 Å². The van der Waals surface area contributed by atoms with Crippen molar-refractivity contribution in [3.05, 3.63) is 35.2 Å². The molecule has 1 rings (SSSR count). The van der Waals surface area contributed by atoms with Gasteiger partial charge in [0, 0.05) is 17.1 Å². The molecule has 0 aliphatic carbocycles. The first-order valence-electron chi connectivity index (χ1n) is 2.44. The molecule has 0 atom stereocenters. The third kappa shape index (κ3) is 1.76. The first kappa shape index (κ1) is 11.4. The fourth-order valence-corrected chi connectivity index (χ4v) is 0.495. The van der Waals surface area contributed by atoms with E-state index in [1.165, 1.54) is 0 Å². The van der Waals surface area contributed by atoms with Gasteiger partial charge in [-0.15, -0.1) is 0 Å². The minimum atomic E-state index is -2.17. The Hall–Kier alpha value is -0.611. The average molecular weight is 231 g/mol. The van der Waals surface area contributed by atoms with Crippen LogP contribution in [0.4, 0.5) is 22.0 Å².